The molecule has 9 unspecified atom stereocenters. The van der Waals surface area contributed by atoms with E-state index in [-0.39, 0.29) is 44.5 Å². The van der Waals surface area contributed by atoms with Gasteiger partial charge in [-0.1, -0.05) is 65.7 Å². The number of esters is 1. The molecule has 1 fully saturated rings. The molecule has 0 spiro atoms. The number of rotatable bonds is 8. The second kappa shape index (κ2) is 20.6. The van der Waals surface area contributed by atoms with Gasteiger partial charge < -0.3 is 49.8 Å². The molecule has 0 aromatic heterocycles. The lowest BCUT2D eigenvalue weighted by Gasteiger charge is -2.38. The molecule has 6 N–H and O–H groups in total. The minimum atomic E-state index is -2.05. The number of phenols is 3. The van der Waals surface area contributed by atoms with Crippen molar-refractivity contribution in [2.75, 3.05) is 45.2 Å². The average Bonchev–Trinajstić information content (AvgIpc) is 3.52. The maximum absolute atomic E-state index is 14.5. The SMILES string of the molecule is CCCCCN1CCN(/N=C/c2c3c(O)c4c(O)c(C)c5c(c4c2O)C(=O)C(C)(O/C=C/C(OC)C(C)C(OC(C)=O)C(C)C(O)C(C)C(O)C(C)/C=C/C=C(\C)C(=O)N3)O5)CC1. The van der Waals surface area contributed by atoms with E-state index in [0.29, 0.717) is 13.1 Å². The number of nitrogens with zero attached hydrogens (tertiary/aromatic N) is 3. The average molecular weight is 879 g/mol. The van der Waals surface area contributed by atoms with Crippen LogP contribution < -0.4 is 10.1 Å². The molecule has 0 saturated carbocycles. The van der Waals surface area contributed by atoms with E-state index in [1.54, 1.807) is 39.8 Å². The first-order valence-electron chi connectivity index (χ1n) is 21.9. The predicted octanol–water partition coefficient (Wildman–Crippen LogP) is 5.90. The quantitative estimate of drug-likeness (QED) is 0.0599. The van der Waals surface area contributed by atoms with E-state index in [1.165, 1.54) is 59.4 Å². The Kier molecular flexibility index (Phi) is 15.9. The number of fused-ring (bicyclic) bond motifs is 14. The number of hydrazone groups is 1. The van der Waals surface area contributed by atoms with E-state index < -0.39 is 88.8 Å². The summed E-state index contributed by atoms with van der Waals surface area (Å²) in [6.45, 7) is 18.4. The summed E-state index contributed by atoms with van der Waals surface area (Å²) in [5.74, 6) is -8.31. The Morgan fingerprint density at radius 1 is 0.952 bits per heavy atom. The van der Waals surface area contributed by atoms with Crippen LogP contribution in [0.4, 0.5) is 5.69 Å². The molecule has 9 atom stereocenters. The number of allylic oxidation sites excluding steroid dienone is 2. The first-order valence-corrected chi connectivity index (χ1v) is 21.9. The number of unbranched alkanes of at least 4 members (excludes halogenated alkanes) is 2. The van der Waals surface area contributed by atoms with Gasteiger partial charge in [0.25, 0.3) is 11.7 Å². The molecule has 0 radical (unpaired) electrons. The topological polar surface area (TPSA) is 220 Å². The van der Waals surface area contributed by atoms with Gasteiger partial charge in [0.1, 0.15) is 23.4 Å². The van der Waals surface area contributed by atoms with Gasteiger partial charge in [-0.15, -0.1) is 0 Å². The maximum atomic E-state index is 14.5. The zero-order valence-corrected chi connectivity index (χ0v) is 38.2. The number of aromatic hydroxyl groups is 3. The number of aliphatic hydroxyl groups excluding tert-OH is 2. The highest BCUT2D eigenvalue weighted by Gasteiger charge is 2.50. The highest BCUT2D eigenvalue weighted by molar-refractivity contribution is 6.23. The summed E-state index contributed by atoms with van der Waals surface area (Å²) < 4.78 is 23.7. The van der Waals surface area contributed by atoms with Crippen LogP contribution >= 0.6 is 0 Å². The Hall–Kier alpha value is -5.16. The number of phenolic OH excluding ortho intramolecular Hbond substituents is 3. The summed E-state index contributed by atoms with van der Waals surface area (Å²) in [5.41, 5.74) is -0.317. The Bertz CT molecular complexity index is 2140. The number of nitrogens with one attached hydrogen (secondary N) is 1. The molecule has 63 heavy (non-hydrogen) atoms. The lowest BCUT2D eigenvalue weighted by Crippen LogP contribution is -2.46. The van der Waals surface area contributed by atoms with Crippen molar-refractivity contribution in [2.24, 2.45) is 28.8 Å². The highest BCUT2D eigenvalue weighted by atomic mass is 16.7. The monoisotopic (exact) mass is 878 g/mol. The van der Waals surface area contributed by atoms with Gasteiger partial charge in [0.15, 0.2) is 5.75 Å². The second-order valence-electron chi connectivity index (χ2n) is 17.4. The van der Waals surface area contributed by atoms with Crippen LogP contribution in [0.1, 0.15) is 96.1 Å². The number of anilines is 1. The number of aliphatic hydroxyl groups is 2. The third kappa shape index (κ3) is 10.3. The Morgan fingerprint density at radius 2 is 1.63 bits per heavy atom. The lowest BCUT2D eigenvalue weighted by molar-refractivity contribution is -0.160. The summed E-state index contributed by atoms with van der Waals surface area (Å²) in [7, 11) is 1.44. The number of methoxy groups -OCH3 is 1. The number of carbonyl (C=O) groups is 3. The molecule has 2 aromatic carbocycles. The van der Waals surface area contributed by atoms with Crippen molar-refractivity contribution in [3.8, 4) is 23.0 Å². The number of piperazine rings is 1. The minimum Gasteiger partial charge on any atom is -0.507 e. The molecular formula is C47H66N4O12. The fourth-order valence-corrected chi connectivity index (χ4v) is 8.67. The summed E-state index contributed by atoms with van der Waals surface area (Å²) in [4.78, 5) is 43.1. The molecule has 5 bridgehead atoms. The van der Waals surface area contributed by atoms with Gasteiger partial charge in [-0.2, -0.15) is 5.10 Å². The largest absolute Gasteiger partial charge is 0.507 e. The summed E-state index contributed by atoms with van der Waals surface area (Å²) in [6.07, 6.45) is 8.30. The third-order valence-electron chi connectivity index (χ3n) is 12.8. The van der Waals surface area contributed by atoms with Gasteiger partial charge >= 0.3 is 11.8 Å². The highest BCUT2D eigenvalue weighted by Crippen LogP contribution is 2.55. The molecule has 4 heterocycles. The number of Topliss-reactive ketones (excluding diaryl/α,β-unsaturated/α-hetero) is 1. The third-order valence-corrected chi connectivity index (χ3v) is 12.8. The van der Waals surface area contributed by atoms with Gasteiger partial charge in [-0.3, -0.25) is 24.3 Å². The molecule has 16 heteroatoms. The number of ketones is 1. The van der Waals surface area contributed by atoms with Crippen molar-refractivity contribution in [1.29, 1.82) is 0 Å². The summed E-state index contributed by atoms with van der Waals surface area (Å²) in [6, 6.07) is 0. The normalized spacial score (nSPS) is 30.8. The number of amides is 1. The van der Waals surface area contributed by atoms with Crippen LogP contribution in [0.2, 0.25) is 0 Å². The predicted molar refractivity (Wildman–Crippen MR) is 239 cm³/mol. The zero-order valence-electron chi connectivity index (χ0n) is 38.2. The molecule has 2 aromatic rings. The number of carbonyl (C=O) groups excluding carboxylic acids is 3. The van der Waals surface area contributed by atoms with E-state index >= 15 is 0 Å². The van der Waals surface area contributed by atoms with Gasteiger partial charge in [-0.25, -0.2) is 0 Å². The first kappa shape index (κ1) is 48.9. The van der Waals surface area contributed by atoms with Crippen LogP contribution in [0.25, 0.3) is 10.8 Å². The molecule has 346 valence electrons. The molecule has 4 aliphatic heterocycles. The van der Waals surface area contributed by atoms with Crippen molar-refractivity contribution < 1.29 is 58.9 Å². The van der Waals surface area contributed by atoms with Gasteiger partial charge in [0.05, 0.1) is 53.0 Å². The Labute approximate surface area is 369 Å². The Balaban J connectivity index is 1.66. The molecule has 6 rings (SSSR count). The summed E-state index contributed by atoms with van der Waals surface area (Å²) in [5, 5.41) is 67.4. The van der Waals surface area contributed by atoms with Gasteiger partial charge in [-0.05, 0) is 32.9 Å². The van der Waals surface area contributed by atoms with E-state index in [2.05, 4.69) is 22.2 Å². The fraction of sp³-hybridized carbons (Fsp3) is 0.574. The minimum absolute atomic E-state index is 0.0600. The van der Waals surface area contributed by atoms with Gasteiger partial charge in [0, 0.05) is 87.3 Å². The fourth-order valence-electron chi connectivity index (χ4n) is 8.67. The first-order chi connectivity index (χ1) is 29.8. The van der Waals surface area contributed by atoms with Crippen LogP contribution in [0.5, 0.6) is 23.0 Å². The zero-order chi connectivity index (χ0) is 46.5. The molecule has 1 saturated heterocycles. The number of benzene rings is 2. The molecular weight excluding hydrogens is 813 g/mol. The van der Waals surface area contributed by atoms with E-state index in [4.69, 9.17) is 18.9 Å². The van der Waals surface area contributed by atoms with Crippen LogP contribution in [0.3, 0.4) is 0 Å². The molecule has 1 amide bonds. The molecule has 4 aliphatic rings. The van der Waals surface area contributed by atoms with Crippen molar-refractivity contribution in [2.45, 2.75) is 112 Å². The number of hydrogen-bond donors (Lipinski definition) is 6. The van der Waals surface area contributed by atoms with Crippen LogP contribution in [-0.2, 0) is 23.8 Å². The lowest BCUT2D eigenvalue weighted by atomic mass is 9.78. The van der Waals surface area contributed by atoms with Gasteiger partial charge in [0.2, 0.25) is 0 Å². The number of hydrogen-bond acceptors (Lipinski definition) is 15. The Morgan fingerprint density at radius 3 is 2.27 bits per heavy atom. The van der Waals surface area contributed by atoms with Crippen molar-refractivity contribution in [1.82, 2.24) is 9.91 Å². The van der Waals surface area contributed by atoms with E-state index in [0.717, 1.165) is 38.9 Å². The van der Waals surface area contributed by atoms with Crippen molar-refractivity contribution in [3.05, 3.63) is 52.8 Å². The second-order valence-corrected chi connectivity index (χ2v) is 17.4. The van der Waals surface area contributed by atoms with Crippen molar-refractivity contribution in [3.63, 3.8) is 0 Å². The van der Waals surface area contributed by atoms with E-state index in [9.17, 15) is 39.9 Å². The molecule has 16 nitrogen and oxygen atoms in total. The van der Waals surface area contributed by atoms with E-state index in [1.807, 2.05) is 5.01 Å². The van der Waals surface area contributed by atoms with Crippen molar-refractivity contribution >= 4 is 40.3 Å². The standard InChI is InChI=1S/C47H66N4O12/c1-11-12-13-18-50-19-21-51(22-20-50)48-24-32-37-42(57)35-34(41(32)56)36-44(30(7)40(35)55)63-47(9,45(36)58)61-23-17-33(60-10)27(4)43(62-31(8)52)29(6)39(54)28(5)38(53)25(2)15-14-16-26(3)46(59)49-37/h14-17,23-25,27-29,33,38-39,43,53-57H,11-13,18-22H2,1-10H3,(H,49,59)/b15-14+,23-17+,26-16+,48-24+. The van der Waals surface area contributed by atoms with Crippen LogP contribution in [0.15, 0.2) is 41.2 Å². The number of ether oxygens (including phenoxy) is 4. The smallest absolute Gasteiger partial charge is 0.312 e. The van der Waals surface area contributed by atoms with Crippen LogP contribution in [-0.4, -0.2) is 129 Å². The maximum Gasteiger partial charge on any atom is 0.312 e. The summed E-state index contributed by atoms with van der Waals surface area (Å²) >= 11 is 0. The molecule has 0 aliphatic carbocycles. The van der Waals surface area contributed by atoms with Crippen LogP contribution in [0, 0.1) is 30.6 Å².